The fraction of sp³-hybridized carbons (Fsp3) is 0.611. The quantitative estimate of drug-likeness (QED) is 0.805. The molecule has 25 heavy (non-hydrogen) atoms. The molecule has 2 aliphatic carbocycles. The number of thiophene rings is 1. The van der Waals surface area contributed by atoms with E-state index in [1.165, 1.54) is 22.6 Å². The number of fused-ring (bicyclic) bond motifs is 1. The molecule has 1 aromatic heterocycles. The number of anilines is 1. The number of aliphatic carboxylic acids is 1. The van der Waals surface area contributed by atoms with Crippen LogP contribution in [0.4, 0.5) is 5.00 Å². The third-order valence-corrected chi connectivity index (χ3v) is 5.83. The van der Waals surface area contributed by atoms with Gasteiger partial charge in [-0.3, -0.25) is 9.59 Å². The molecular formula is C18H23N2O4S-. The largest absolute Gasteiger partial charge is 0.550 e. The molecule has 0 aromatic carbocycles. The first-order valence-electron chi connectivity index (χ1n) is 8.99. The smallest absolute Gasteiger partial charge is 0.254 e. The highest BCUT2D eigenvalue weighted by Crippen LogP contribution is 2.37. The van der Waals surface area contributed by atoms with Crippen LogP contribution in [0.3, 0.4) is 0 Å². The molecule has 0 saturated heterocycles. The number of hydrogen-bond acceptors (Lipinski definition) is 5. The van der Waals surface area contributed by atoms with Crippen molar-refractivity contribution in [2.75, 3.05) is 5.32 Å². The molecule has 2 aliphatic rings. The van der Waals surface area contributed by atoms with Crippen LogP contribution in [0.5, 0.6) is 0 Å². The summed E-state index contributed by atoms with van der Waals surface area (Å²) in [5.41, 5.74) is 1.66. The molecule has 1 aromatic rings. The molecular weight excluding hydrogens is 340 g/mol. The molecule has 7 heteroatoms. The zero-order valence-corrected chi connectivity index (χ0v) is 15.0. The summed E-state index contributed by atoms with van der Waals surface area (Å²) in [5.74, 6) is -1.75. The van der Waals surface area contributed by atoms with E-state index in [1.807, 2.05) is 0 Å². The lowest BCUT2D eigenvalue weighted by Crippen LogP contribution is -2.28. The lowest BCUT2D eigenvalue weighted by Gasteiger charge is -2.12. The maximum Gasteiger partial charge on any atom is 0.254 e. The molecule has 1 saturated carbocycles. The second-order valence-electron chi connectivity index (χ2n) is 6.79. The van der Waals surface area contributed by atoms with E-state index < -0.39 is 5.97 Å². The first-order valence-corrected chi connectivity index (χ1v) is 9.81. The van der Waals surface area contributed by atoms with Crippen molar-refractivity contribution in [3.8, 4) is 0 Å². The Kier molecular flexibility index (Phi) is 5.73. The van der Waals surface area contributed by atoms with E-state index in [9.17, 15) is 19.5 Å². The van der Waals surface area contributed by atoms with Crippen molar-refractivity contribution in [3.63, 3.8) is 0 Å². The highest BCUT2D eigenvalue weighted by molar-refractivity contribution is 7.17. The summed E-state index contributed by atoms with van der Waals surface area (Å²) in [6.45, 7) is 0. The van der Waals surface area contributed by atoms with E-state index in [0.717, 1.165) is 50.5 Å². The van der Waals surface area contributed by atoms with Crippen LogP contribution in [0.2, 0.25) is 0 Å². The van der Waals surface area contributed by atoms with Crippen molar-refractivity contribution in [2.45, 2.75) is 70.3 Å². The van der Waals surface area contributed by atoms with Gasteiger partial charge in [0, 0.05) is 23.3 Å². The second-order valence-corrected chi connectivity index (χ2v) is 7.90. The van der Waals surface area contributed by atoms with Crippen molar-refractivity contribution in [3.05, 3.63) is 16.0 Å². The summed E-state index contributed by atoms with van der Waals surface area (Å²) < 4.78 is 0. The molecule has 6 nitrogen and oxygen atoms in total. The zero-order chi connectivity index (χ0) is 17.8. The number of amides is 2. The van der Waals surface area contributed by atoms with Gasteiger partial charge in [-0.2, -0.15) is 0 Å². The topological polar surface area (TPSA) is 98.3 Å². The number of rotatable bonds is 6. The minimum Gasteiger partial charge on any atom is -0.550 e. The van der Waals surface area contributed by atoms with Crippen LogP contribution in [-0.2, 0) is 22.4 Å². The molecule has 0 radical (unpaired) electrons. The lowest BCUT2D eigenvalue weighted by molar-refractivity contribution is -0.305. The van der Waals surface area contributed by atoms with Crippen LogP contribution >= 0.6 is 11.3 Å². The Morgan fingerprint density at radius 1 is 1.04 bits per heavy atom. The third kappa shape index (κ3) is 4.81. The Morgan fingerprint density at radius 2 is 1.76 bits per heavy atom. The van der Waals surface area contributed by atoms with Crippen LogP contribution in [0.1, 0.15) is 72.2 Å². The average Bonchev–Trinajstić information content (AvgIpc) is 3.28. The minimum atomic E-state index is -1.25. The summed E-state index contributed by atoms with van der Waals surface area (Å²) >= 11 is 1.47. The number of carboxylic acid groups (broad SMARTS) is 1. The molecule has 1 heterocycles. The van der Waals surface area contributed by atoms with E-state index in [0.29, 0.717) is 10.6 Å². The number of aryl methyl sites for hydroxylation is 1. The van der Waals surface area contributed by atoms with E-state index >= 15 is 0 Å². The summed E-state index contributed by atoms with van der Waals surface area (Å²) in [5, 5.41) is 16.9. The number of carboxylic acids is 1. The van der Waals surface area contributed by atoms with Gasteiger partial charge in [0.15, 0.2) is 0 Å². The fourth-order valence-electron chi connectivity index (χ4n) is 3.14. The highest BCUT2D eigenvalue weighted by Gasteiger charge is 2.29. The van der Waals surface area contributed by atoms with Gasteiger partial charge in [-0.15, -0.1) is 11.3 Å². The van der Waals surface area contributed by atoms with Crippen molar-refractivity contribution in [2.24, 2.45) is 0 Å². The van der Waals surface area contributed by atoms with Crippen molar-refractivity contribution >= 4 is 34.1 Å². The third-order valence-electron chi connectivity index (χ3n) is 4.62. The van der Waals surface area contributed by atoms with E-state index in [1.54, 1.807) is 0 Å². The molecule has 1 fully saturated rings. The van der Waals surface area contributed by atoms with Crippen molar-refractivity contribution in [1.82, 2.24) is 5.32 Å². The molecule has 3 rings (SSSR count). The van der Waals surface area contributed by atoms with Gasteiger partial charge in [-0.25, -0.2) is 0 Å². The van der Waals surface area contributed by atoms with Gasteiger partial charge in [-0.1, -0.05) is 12.8 Å². The number of carbonyl (C=O) groups excluding carboxylic acids is 3. The fourth-order valence-corrected chi connectivity index (χ4v) is 4.44. The number of carbonyl (C=O) groups is 3. The van der Waals surface area contributed by atoms with Gasteiger partial charge < -0.3 is 20.5 Å². The van der Waals surface area contributed by atoms with Gasteiger partial charge in [-0.05, 0) is 50.5 Å². The maximum absolute atomic E-state index is 12.7. The summed E-state index contributed by atoms with van der Waals surface area (Å²) in [7, 11) is 0. The van der Waals surface area contributed by atoms with Crippen LogP contribution in [0, 0.1) is 0 Å². The molecule has 2 N–H and O–H groups in total. The first kappa shape index (κ1) is 17.9. The van der Waals surface area contributed by atoms with Crippen LogP contribution in [0.25, 0.3) is 0 Å². The van der Waals surface area contributed by atoms with Crippen LogP contribution < -0.4 is 15.7 Å². The van der Waals surface area contributed by atoms with E-state index in [4.69, 9.17) is 0 Å². The Labute approximate surface area is 151 Å². The predicted octanol–water partition coefficient (Wildman–Crippen LogP) is 1.77. The van der Waals surface area contributed by atoms with Crippen LogP contribution in [-0.4, -0.2) is 23.8 Å². The molecule has 0 unspecified atom stereocenters. The molecule has 0 aliphatic heterocycles. The highest BCUT2D eigenvalue weighted by atomic mass is 32.1. The van der Waals surface area contributed by atoms with Crippen LogP contribution in [0.15, 0.2) is 0 Å². The molecule has 0 atom stereocenters. The number of nitrogens with one attached hydrogen (secondary N) is 2. The van der Waals surface area contributed by atoms with E-state index in [-0.39, 0.29) is 30.7 Å². The molecule has 0 bridgehead atoms. The molecule has 2 amide bonds. The zero-order valence-electron chi connectivity index (χ0n) is 14.2. The van der Waals surface area contributed by atoms with E-state index in [2.05, 4.69) is 10.6 Å². The Bertz CT molecular complexity index is 679. The Balaban J connectivity index is 1.83. The summed E-state index contributed by atoms with van der Waals surface area (Å²) in [6.07, 6.45) is 7.82. The summed E-state index contributed by atoms with van der Waals surface area (Å²) in [6, 6.07) is 0.248. The monoisotopic (exact) mass is 363 g/mol. The average molecular weight is 363 g/mol. The van der Waals surface area contributed by atoms with Gasteiger partial charge in [0.25, 0.3) is 5.91 Å². The van der Waals surface area contributed by atoms with Gasteiger partial charge in [0.1, 0.15) is 5.00 Å². The second kappa shape index (κ2) is 7.99. The van der Waals surface area contributed by atoms with Gasteiger partial charge in [0.2, 0.25) is 5.91 Å². The Morgan fingerprint density at radius 3 is 2.44 bits per heavy atom. The standard InChI is InChI=1S/C18H24N2O4S/c21-14(9-10-15(22)23)20-18-16(17(24)19-11-7-8-11)12-5-3-1-2-4-6-13(12)25-18/h11H,1-10H2,(H,19,24)(H,20,21)(H,22,23)/p-1. The molecule has 136 valence electrons. The normalized spacial score (nSPS) is 17.1. The predicted molar refractivity (Wildman–Crippen MR) is 93.6 cm³/mol. The van der Waals surface area contributed by atoms with Gasteiger partial charge >= 0.3 is 0 Å². The summed E-state index contributed by atoms with van der Waals surface area (Å²) in [4.78, 5) is 36.5. The maximum atomic E-state index is 12.7. The molecule has 0 spiro atoms. The minimum absolute atomic E-state index is 0.115. The van der Waals surface area contributed by atoms with Gasteiger partial charge in [0.05, 0.1) is 5.56 Å². The number of hydrogen-bond donors (Lipinski definition) is 2. The Hall–Kier alpha value is -1.89. The van der Waals surface area contributed by atoms with Crippen molar-refractivity contribution in [1.29, 1.82) is 0 Å². The lowest BCUT2D eigenvalue weighted by atomic mass is 9.96. The van der Waals surface area contributed by atoms with Crippen molar-refractivity contribution < 1.29 is 19.5 Å². The first-order chi connectivity index (χ1) is 12.0. The SMILES string of the molecule is O=C([O-])CCC(=O)Nc1sc2c(c1C(=O)NC1CC1)CCCCCC2.